The van der Waals surface area contributed by atoms with Crippen LogP contribution in [0.15, 0.2) is 134 Å². The van der Waals surface area contributed by atoms with Gasteiger partial charge in [-0.05, 0) is 57.9 Å². The Labute approximate surface area is 382 Å². The first kappa shape index (κ1) is 42.5. The van der Waals surface area contributed by atoms with Crippen LogP contribution in [-0.4, -0.2) is 83.3 Å². The zero-order valence-electron chi connectivity index (χ0n) is 37.0. The van der Waals surface area contributed by atoms with Crippen molar-refractivity contribution in [1.29, 1.82) is 0 Å². The van der Waals surface area contributed by atoms with Crippen molar-refractivity contribution >= 4 is 46.4 Å². The van der Waals surface area contributed by atoms with Gasteiger partial charge in [-0.2, -0.15) is 0 Å². The lowest BCUT2D eigenvalue weighted by molar-refractivity contribution is -0.152. The normalized spacial score (nSPS) is 22.1. The molecule has 1 aromatic heterocycles. The molecule has 0 radical (unpaired) electrons. The highest BCUT2D eigenvalue weighted by molar-refractivity contribution is 5.98. The Morgan fingerprint density at radius 1 is 0.758 bits per heavy atom. The molecule has 0 unspecified atom stereocenters. The summed E-state index contributed by atoms with van der Waals surface area (Å²) in [7, 11) is 1.31. The SMILES string of the molecule is COC(=O)[C@@H]1C[C@]2(n3cc(C[C@@H]4NC(=O)[C@@H](Cc5ccccc5)NC4=O)c4ccccc43)c3ccccc3N[C@@H]2N1C(=O)[C@@H](CC(C)C)NC(=O)OCC1c2ccccc2-c2ccccc21. The third kappa shape index (κ3) is 7.32. The smallest absolute Gasteiger partial charge is 0.407 e. The Bertz CT molecular complexity index is 2830. The van der Waals surface area contributed by atoms with E-state index >= 15 is 4.79 Å². The summed E-state index contributed by atoms with van der Waals surface area (Å²) >= 11 is 0. The van der Waals surface area contributed by atoms with Crippen molar-refractivity contribution in [3.8, 4) is 11.1 Å². The van der Waals surface area contributed by atoms with Gasteiger partial charge in [-0.15, -0.1) is 0 Å². The van der Waals surface area contributed by atoms with Gasteiger partial charge in [-0.3, -0.25) is 14.4 Å². The third-order valence-corrected chi connectivity index (χ3v) is 13.8. The van der Waals surface area contributed by atoms with Crippen molar-refractivity contribution in [2.24, 2.45) is 5.92 Å². The van der Waals surface area contributed by atoms with Gasteiger partial charge in [-0.1, -0.05) is 129 Å². The van der Waals surface area contributed by atoms with Crippen molar-refractivity contribution in [3.05, 3.63) is 161 Å². The van der Waals surface area contributed by atoms with Crippen LogP contribution in [0.2, 0.25) is 0 Å². The number of ether oxygens (including phenoxy) is 2. The Hall–Kier alpha value is -7.41. The fraction of sp³-hybridized carbons (Fsp3) is 0.302. The van der Waals surface area contributed by atoms with Gasteiger partial charge in [-0.25, -0.2) is 9.59 Å². The third-order valence-electron chi connectivity index (χ3n) is 13.8. The lowest BCUT2D eigenvalue weighted by Crippen LogP contribution is -2.62. The predicted octanol–water partition coefficient (Wildman–Crippen LogP) is 6.63. The average molecular weight is 885 g/mol. The second-order valence-electron chi connectivity index (χ2n) is 18.2. The van der Waals surface area contributed by atoms with Crippen molar-refractivity contribution in [2.75, 3.05) is 19.0 Å². The first-order valence-corrected chi connectivity index (χ1v) is 22.7. The number of nitrogens with one attached hydrogen (secondary N) is 4. The molecule has 2 saturated heterocycles. The van der Waals surface area contributed by atoms with Gasteiger partial charge in [0.1, 0.15) is 42.5 Å². The van der Waals surface area contributed by atoms with E-state index < -0.39 is 53.8 Å². The van der Waals surface area contributed by atoms with Crippen LogP contribution in [0.3, 0.4) is 0 Å². The van der Waals surface area contributed by atoms with Gasteiger partial charge >= 0.3 is 12.1 Å². The molecule has 10 rings (SSSR count). The molecular weight excluding hydrogens is 833 g/mol. The van der Waals surface area contributed by atoms with Crippen molar-refractivity contribution in [3.63, 3.8) is 0 Å². The van der Waals surface area contributed by atoms with Crippen molar-refractivity contribution < 1.29 is 33.4 Å². The standard InChI is InChI=1S/C53H52N6O7/c1-31(2)25-44(57-52(64)66-30-39-37-20-9-7-18-35(37)36-19-8-10-21-38(36)39)49(62)59-46(50(63)65-3)28-53(40-22-12-13-23-41(40)56-51(53)59)58-29-33(34-17-11-14-24-45(34)58)27-43-48(61)54-42(47(60)55-43)26-32-15-5-4-6-16-32/h4-24,29,31,39,42-44,46,51,56H,25-28,30H2,1-3H3,(H,54,61)(H,55,60)(H,57,64)/t42-,43+,44-,46+,51-,53+/m1/s1. The molecule has 0 bridgehead atoms. The van der Waals surface area contributed by atoms with E-state index in [1.165, 1.54) is 7.11 Å². The van der Waals surface area contributed by atoms with Crippen LogP contribution in [0.4, 0.5) is 10.5 Å². The summed E-state index contributed by atoms with van der Waals surface area (Å²) in [6.45, 7) is 4.02. The van der Waals surface area contributed by atoms with Gasteiger partial charge in [0.2, 0.25) is 17.7 Å². The highest BCUT2D eigenvalue weighted by atomic mass is 16.5. The number of likely N-dealkylation sites (tertiary alicyclic amines) is 1. The van der Waals surface area contributed by atoms with Crippen LogP contribution in [0.5, 0.6) is 0 Å². The number of fused-ring (bicyclic) bond motifs is 7. The van der Waals surface area contributed by atoms with Gasteiger partial charge in [0.25, 0.3) is 0 Å². The largest absolute Gasteiger partial charge is 0.467 e. The zero-order chi connectivity index (χ0) is 45.7. The van der Waals surface area contributed by atoms with Crippen LogP contribution in [0.1, 0.15) is 60.4 Å². The van der Waals surface area contributed by atoms with E-state index in [2.05, 4.69) is 50.1 Å². The lowest BCUT2D eigenvalue weighted by Gasteiger charge is -2.36. The van der Waals surface area contributed by atoms with Gasteiger partial charge in [0, 0.05) is 53.5 Å². The maximum Gasteiger partial charge on any atom is 0.407 e. The number of anilines is 1. The number of alkyl carbamates (subject to hydrolysis) is 1. The Kier molecular flexibility index (Phi) is 11.1. The number of rotatable bonds is 12. The van der Waals surface area contributed by atoms with E-state index in [4.69, 9.17) is 9.47 Å². The molecule has 5 aromatic carbocycles. The molecule has 4 aliphatic rings. The first-order chi connectivity index (χ1) is 32.0. The van der Waals surface area contributed by atoms with Crippen molar-refractivity contribution in [1.82, 2.24) is 25.4 Å². The molecule has 4 heterocycles. The number of benzene rings is 5. The monoisotopic (exact) mass is 884 g/mol. The van der Waals surface area contributed by atoms with E-state index in [1.54, 1.807) is 4.90 Å². The number of para-hydroxylation sites is 2. The number of hydrogen-bond donors (Lipinski definition) is 4. The van der Waals surface area contributed by atoms with E-state index in [1.807, 2.05) is 123 Å². The van der Waals surface area contributed by atoms with Crippen LogP contribution >= 0.6 is 0 Å². The molecule has 1 aliphatic carbocycles. The number of carbonyl (C=O) groups is 5. The molecule has 6 aromatic rings. The number of esters is 1. The fourth-order valence-corrected chi connectivity index (χ4v) is 10.9. The Morgan fingerprint density at radius 2 is 1.38 bits per heavy atom. The molecule has 66 heavy (non-hydrogen) atoms. The molecular formula is C53H52N6O7. The van der Waals surface area contributed by atoms with E-state index in [0.29, 0.717) is 6.42 Å². The number of carbonyl (C=O) groups excluding carboxylic acids is 5. The van der Waals surface area contributed by atoms with Crippen LogP contribution < -0.4 is 21.3 Å². The molecule has 0 saturated carbocycles. The number of nitrogens with zero attached hydrogens (tertiary/aromatic N) is 2. The first-order valence-electron chi connectivity index (χ1n) is 22.7. The van der Waals surface area contributed by atoms with Crippen LogP contribution in [-0.2, 0) is 47.0 Å². The number of hydrogen-bond acceptors (Lipinski definition) is 8. The number of aromatic nitrogens is 1. The molecule has 2 fully saturated rings. The van der Waals surface area contributed by atoms with Crippen molar-refractivity contribution in [2.45, 2.75) is 81.3 Å². The molecule has 336 valence electrons. The van der Waals surface area contributed by atoms with Crippen LogP contribution in [0.25, 0.3) is 22.0 Å². The summed E-state index contributed by atoms with van der Waals surface area (Å²) in [6, 6.07) is 37.7. The zero-order valence-corrected chi connectivity index (χ0v) is 37.0. The maximum absolute atomic E-state index is 15.4. The van der Waals surface area contributed by atoms with Crippen LogP contribution in [0, 0.1) is 5.92 Å². The number of piperazine rings is 1. The highest BCUT2D eigenvalue weighted by Gasteiger charge is 2.63. The van der Waals surface area contributed by atoms with E-state index in [-0.39, 0.29) is 49.5 Å². The summed E-state index contributed by atoms with van der Waals surface area (Å²) < 4.78 is 13.5. The minimum Gasteiger partial charge on any atom is -0.467 e. The number of methoxy groups -OCH3 is 1. The molecule has 6 atom stereocenters. The average Bonchev–Trinajstić information content (AvgIpc) is 4.05. The topological polar surface area (TPSA) is 160 Å². The minimum absolute atomic E-state index is 0.0208. The molecule has 4 amide bonds. The quantitative estimate of drug-likeness (QED) is 0.0998. The Morgan fingerprint density at radius 3 is 2.08 bits per heavy atom. The molecule has 4 N–H and O–H groups in total. The summed E-state index contributed by atoms with van der Waals surface area (Å²) in [4.78, 5) is 72.0. The predicted molar refractivity (Wildman–Crippen MR) is 249 cm³/mol. The number of amides is 4. The van der Waals surface area contributed by atoms with Gasteiger partial charge in [0.15, 0.2) is 0 Å². The van der Waals surface area contributed by atoms with E-state index in [0.717, 1.165) is 55.5 Å². The Balaban J connectivity index is 0.963. The molecule has 0 spiro atoms. The second kappa shape index (κ2) is 17.2. The molecule has 13 heteroatoms. The second-order valence-corrected chi connectivity index (χ2v) is 18.2. The maximum atomic E-state index is 15.4. The summed E-state index contributed by atoms with van der Waals surface area (Å²) in [6.07, 6.45) is 1.42. The fourth-order valence-electron chi connectivity index (χ4n) is 10.9. The minimum atomic E-state index is -1.06. The van der Waals surface area contributed by atoms with Gasteiger partial charge in [0.05, 0.1) is 7.11 Å². The summed E-state index contributed by atoms with van der Waals surface area (Å²) in [5.74, 6) is -1.78. The van der Waals surface area contributed by atoms with E-state index in [9.17, 15) is 19.2 Å². The summed E-state index contributed by atoms with van der Waals surface area (Å²) in [5.41, 5.74) is 7.50. The molecule has 13 nitrogen and oxygen atoms in total. The molecule has 3 aliphatic heterocycles. The lowest BCUT2D eigenvalue weighted by atomic mass is 9.86. The van der Waals surface area contributed by atoms with Gasteiger partial charge < -0.3 is 40.2 Å². The highest BCUT2D eigenvalue weighted by Crippen LogP contribution is 2.54. The summed E-state index contributed by atoms with van der Waals surface area (Å²) in [5, 5.41) is 13.3.